The monoisotopic (exact) mass is 421 g/mol. The van der Waals surface area contributed by atoms with E-state index in [1.807, 2.05) is 60.0 Å². The minimum absolute atomic E-state index is 0.280. The summed E-state index contributed by atoms with van der Waals surface area (Å²) in [6, 6.07) is 20.7. The van der Waals surface area contributed by atoms with E-state index in [0.29, 0.717) is 23.1 Å². The van der Waals surface area contributed by atoms with Crippen molar-refractivity contribution in [1.82, 2.24) is 25.5 Å². The van der Waals surface area contributed by atoms with Crippen LogP contribution in [0, 0.1) is 0 Å². The number of amides is 1. The lowest BCUT2D eigenvalue weighted by molar-refractivity contribution is -0.116. The second kappa shape index (κ2) is 8.81. The van der Waals surface area contributed by atoms with Crippen LogP contribution in [0.4, 0.5) is 0 Å². The van der Waals surface area contributed by atoms with Crippen LogP contribution in [-0.2, 0) is 11.3 Å². The zero-order valence-electron chi connectivity index (χ0n) is 15.2. The Bertz CT molecular complexity index is 1120. The first-order valence-corrected chi connectivity index (χ1v) is 10.1. The molecule has 0 unspecified atom stereocenters. The lowest BCUT2D eigenvalue weighted by Gasteiger charge is -2.11. The van der Waals surface area contributed by atoms with E-state index in [4.69, 9.17) is 11.6 Å². The van der Waals surface area contributed by atoms with Gasteiger partial charge in [0, 0.05) is 22.0 Å². The van der Waals surface area contributed by atoms with Crippen molar-refractivity contribution in [3.8, 4) is 11.4 Å². The molecule has 2 aromatic carbocycles. The molecule has 29 heavy (non-hydrogen) atoms. The smallest absolute Gasteiger partial charge is 0.270 e. The maximum atomic E-state index is 13.1. The van der Waals surface area contributed by atoms with Crippen molar-refractivity contribution in [3.05, 3.63) is 87.6 Å². The molecule has 0 saturated carbocycles. The molecule has 0 aliphatic heterocycles. The van der Waals surface area contributed by atoms with Crippen molar-refractivity contribution in [2.75, 3.05) is 0 Å². The summed E-state index contributed by atoms with van der Waals surface area (Å²) in [6.07, 6.45) is 1.78. The highest BCUT2D eigenvalue weighted by Gasteiger charge is 2.19. The number of rotatable bonds is 6. The van der Waals surface area contributed by atoms with Crippen LogP contribution in [0.2, 0.25) is 5.02 Å². The normalized spacial score (nSPS) is 11.4. The van der Waals surface area contributed by atoms with Crippen molar-refractivity contribution in [2.24, 2.45) is 0 Å². The van der Waals surface area contributed by atoms with E-state index in [0.717, 1.165) is 16.0 Å². The first-order chi connectivity index (χ1) is 14.2. The van der Waals surface area contributed by atoms with Crippen LogP contribution in [0.5, 0.6) is 0 Å². The maximum absolute atomic E-state index is 13.1. The Morgan fingerprint density at radius 2 is 1.86 bits per heavy atom. The zero-order chi connectivity index (χ0) is 20.1. The van der Waals surface area contributed by atoms with Crippen molar-refractivity contribution >= 4 is 40.6 Å². The van der Waals surface area contributed by atoms with Crippen molar-refractivity contribution in [3.63, 3.8) is 0 Å². The molecule has 6 nitrogen and oxygen atoms in total. The summed E-state index contributed by atoms with van der Waals surface area (Å²) in [4.78, 5) is 14.0. The minimum atomic E-state index is -0.280. The fourth-order valence-corrected chi connectivity index (χ4v) is 3.50. The molecule has 8 heteroatoms. The number of benzene rings is 2. The van der Waals surface area contributed by atoms with E-state index >= 15 is 0 Å². The topological polar surface area (TPSA) is 72.7 Å². The molecule has 0 fully saturated rings. The van der Waals surface area contributed by atoms with Crippen molar-refractivity contribution in [1.29, 1.82) is 0 Å². The van der Waals surface area contributed by atoms with Gasteiger partial charge in [0.25, 0.3) is 5.91 Å². The van der Waals surface area contributed by atoms with Gasteiger partial charge in [0.2, 0.25) is 0 Å². The summed E-state index contributed by atoms with van der Waals surface area (Å²) in [7, 11) is 0. The van der Waals surface area contributed by atoms with E-state index in [1.165, 1.54) is 16.0 Å². The Morgan fingerprint density at radius 1 is 1.07 bits per heavy atom. The van der Waals surface area contributed by atoms with Crippen LogP contribution in [0.1, 0.15) is 10.4 Å². The Labute approximate surface area is 176 Å². The molecule has 144 valence electrons. The highest BCUT2D eigenvalue weighted by Crippen LogP contribution is 2.22. The molecule has 0 saturated heterocycles. The van der Waals surface area contributed by atoms with Gasteiger partial charge in [-0.05, 0) is 45.6 Å². The predicted molar refractivity (Wildman–Crippen MR) is 115 cm³/mol. The van der Waals surface area contributed by atoms with E-state index in [-0.39, 0.29) is 5.91 Å². The summed E-state index contributed by atoms with van der Waals surface area (Å²) in [5.41, 5.74) is 2.10. The molecule has 4 rings (SSSR count). The molecular weight excluding hydrogens is 406 g/mol. The largest absolute Gasteiger partial charge is 0.347 e. The molecule has 4 aromatic rings. The third-order valence-electron chi connectivity index (χ3n) is 4.15. The zero-order valence-corrected chi connectivity index (χ0v) is 16.8. The number of aromatic nitrogens is 4. The molecule has 0 bridgehead atoms. The molecule has 0 aliphatic rings. The van der Waals surface area contributed by atoms with Crippen molar-refractivity contribution < 1.29 is 4.79 Å². The number of thiophene rings is 1. The molecule has 0 atom stereocenters. The molecular formula is C21H16ClN5OS. The van der Waals surface area contributed by atoms with Gasteiger partial charge < -0.3 is 5.32 Å². The van der Waals surface area contributed by atoms with E-state index in [1.54, 1.807) is 18.2 Å². The number of halogens is 1. The third kappa shape index (κ3) is 4.59. The molecule has 0 spiro atoms. The first kappa shape index (κ1) is 19.0. The third-order valence-corrected chi connectivity index (χ3v) is 5.22. The summed E-state index contributed by atoms with van der Waals surface area (Å²) in [6.45, 7) is 0.362. The van der Waals surface area contributed by atoms with Crippen LogP contribution < -0.4 is 5.32 Å². The number of nitrogens with one attached hydrogen (secondary N) is 1. The Kier molecular flexibility index (Phi) is 5.79. The second-order valence-corrected chi connectivity index (χ2v) is 7.55. The van der Waals surface area contributed by atoms with E-state index in [9.17, 15) is 4.79 Å². The van der Waals surface area contributed by atoms with Crippen LogP contribution in [0.15, 0.2) is 72.1 Å². The summed E-state index contributed by atoms with van der Waals surface area (Å²) in [5, 5.41) is 17.5. The number of tetrazole rings is 1. The molecule has 1 N–H and O–H groups in total. The van der Waals surface area contributed by atoms with Gasteiger partial charge in [-0.15, -0.1) is 16.4 Å². The highest BCUT2D eigenvalue weighted by molar-refractivity contribution is 7.10. The van der Waals surface area contributed by atoms with E-state index in [2.05, 4.69) is 20.8 Å². The molecule has 0 aliphatic carbocycles. The lowest BCUT2D eigenvalue weighted by atomic mass is 10.2. The molecule has 2 aromatic heterocycles. The number of nitrogens with zero attached hydrogens (tertiary/aromatic N) is 4. The van der Waals surface area contributed by atoms with Crippen molar-refractivity contribution in [2.45, 2.75) is 6.54 Å². The molecule has 0 radical (unpaired) electrons. The van der Waals surface area contributed by atoms with Crippen LogP contribution in [-0.4, -0.2) is 26.1 Å². The van der Waals surface area contributed by atoms with Gasteiger partial charge >= 0.3 is 0 Å². The molecule has 1 amide bonds. The van der Waals surface area contributed by atoms with Gasteiger partial charge in [-0.1, -0.05) is 60.1 Å². The summed E-state index contributed by atoms with van der Waals surface area (Å²) < 4.78 is 1.46. The Balaban J connectivity index is 1.65. The fourth-order valence-electron chi connectivity index (χ4n) is 2.72. The molecule has 2 heterocycles. The Hall–Kier alpha value is -3.29. The van der Waals surface area contributed by atoms with Gasteiger partial charge in [0.1, 0.15) is 5.70 Å². The van der Waals surface area contributed by atoms with E-state index < -0.39 is 0 Å². The quantitative estimate of drug-likeness (QED) is 0.469. The van der Waals surface area contributed by atoms with Gasteiger partial charge in [-0.2, -0.15) is 4.68 Å². The second-order valence-electron chi connectivity index (χ2n) is 6.13. The van der Waals surface area contributed by atoms with Crippen LogP contribution in [0.3, 0.4) is 0 Å². The number of carbonyl (C=O) groups is 1. The van der Waals surface area contributed by atoms with Gasteiger partial charge in [0.15, 0.2) is 5.82 Å². The predicted octanol–water partition coefficient (Wildman–Crippen LogP) is 4.37. The van der Waals surface area contributed by atoms with Gasteiger partial charge in [0.05, 0.1) is 0 Å². The number of carbonyl (C=O) groups excluding carboxylic acids is 1. The lowest BCUT2D eigenvalue weighted by Crippen LogP contribution is -2.27. The highest BCUT2D eigenvalue weighted by atomic mass is 35.5. The van der Waals surface area contributed by atoms with Crippen LogP contribution in [0.25, 0.3) is 23.2 Å². The maximum Gasteiger partial charge on any atom is 0.270 e. The summed E-state index contributed by atoms with van der Waals surface area (Å²) >= 11 is 7.46. The number of hydrogen-bond acceptors (Lipinski definition) is 5. The average molecular weight is 422 g/mol. The first-order valence-electron chi connectivity index (χ1n) is 8.83. The number of hydrogen-bond donors (Lipinski definition) is 1. The fraction of sp³-hybridized carbons (Fsp3) is 0.0476. The van der Waals surface area contributed by atoms with Crippen LogP contribution >= 0.6 is 22.9 Å². The van der Waals surface area contributed by atoms with Gasteiger partial charge in [-0.3, -0.25) is 4.79 Å². The standard InChI is InChI=1S/C21H16ClN5OS/c22-17-10-8-15(9-11-17)14-23-21(28)19(13-18-7-4-12-29-18)27-20(24-25-26-27)16-5-2-1-3-6-16/h1-13H,14H2,(H,23,28)/b19-13+. The van der Waals surface area contributed by atoms with Gasteiger partial charge in [-0.25, -0.2) is 0 Å². The Morgan fingerprint density at radius 3 is 2.59 bits per heavy atom. The SMILES string of the molecule is O=C(NCc1ccc(Cl)cc1)/C(=C\c1cccs1)n1nnnc1-c1ccccc1. The summed E-state index contributed by atoms with van der Waals surface area (Å²) in [5.74, 6) is 0.216. The minimum Gasteiger partial charge on any atom is -0.347 e. The average Bonchev–Trinajstić information content (AvgIpc) is 3.44.